The molecule has 5 nitrogen and oxygen atoms in total. The number of carbonyl (C=O) groups is 1. The van der Waals surface area contributed by atoms with Gasteiger partial charge in [-0.05, 0) is 45.4 Å². The minimum Gasteiger partial charge on any atom is -0.318 e. The van der Waals surface area contributed by atoms with E-state index in [1.165, 1.54) is 0 Å². The molecular formula is C20H24N4O. The minimum atomic E-state index is -0.111. The van der Waals surface area contributed by atoms with Gasteiger partial charge in [-0.2, -0.15) is 5.10 Å². The van der Waals surface area contributed by atoms with E-state index in [4.69, 9.17) is 0 Å². The van der Waals surface area contributed by atoms with Crippen LogP contribution in [-0.4, -0.2) is 20.3 Å². The molecule has 0 saturated heterocycles. The fourth-order valence-corrected chi connectivity index (χ4v) is 3.09. The Morgan fingerprint density at radius 1 is 1.20 bits per heavy atom. The number of nitrogens with zero attached hydrogens (tertiary/aromatic N) is 3. The van der Waals surface area contributed by atoms with Crippen molar-refractivity contribution >= 4 is 11.7 Å². The van der Waals surface area contributed by atoms with Crippen molar-refractivity contribution in [2.75, 3.05) is 5.32 Å². The number of amides is 1. The molecule has 2 heterocycles. The molecule has 2 aromatic heterocycles. The van der Waals surface area contributed by atoms with Crippen LogP contribution in [0.15, 0.2) is 48.7 Å². The molecule has 3 rings (SSSR count). The second-order valence-corrected chi connectivity index (χ2v) is 6.33. The minimum absolute atomic E-state index is 0.111. The average molecular weight is 336 g/mol. The highest BCUT2D eigenvalue weighted by molar-refractivity contribution is 6.05. The molecule has 0 aliphatic rings. The van der Waals surface area contributed by atoms with Crippen molar-refractivity contribution in [3.63, 3.8) is 0 Å². The normalized spacial score (nSPS) is 12.2. The predicted molar refractivity (Wildman–Crippen MR) is 100 cm³/mol. The van der Waals surface area contributed by atoms with E-state index in [0.717, 1.165) is 29.3 Å². The zero-order valence-electron chi connectivity index (χ0n) is 15.2. The first kappa shape index (κ1) is 17.0. The summed E-state index contributed by atoms with van der Waals surface area (Å²) < 4.78 is 3.95. The summed E-state index contributed by atoms with van der Waals surface area (Å²) in [4.78, 5) is 12.8. The Kier molecular flexibility index (Phi) is 4.74. The number of carbonyl (C=O) groups excluding carboxylic acids is 1. The molecule has 5 heteroatoms. The first-order chi connectivity index (χ1) is 12.0. The predicted octanol–water partition coefficient (Wildman–Crippen LogP) is 4.51. The van der Waals surface area contributed by atoms with Gasteiger partial charge in [0.25, 0.3) is 5.91 Å². The van der Waals surface area contributed by atoms with Crippen LogP contribution in [0.25, 0.3) is 5.69 Å². The van der Waals surface area contributed by atoms with E-state index >= 15 is 0 Å². The molecule has 1 atom stereocenters. The van der Waals surface area contributed by atoms with Crippen molar-refractivity contribution in [1.82, 2.24) is 14.3 Å². The quantitative estimate of drug-likeness (QED) is 0.745. The molecule has 0 saturated carbocycles. The Morgan fingerprint density at radius 3 is 2.60 bits per heavy atom. The van der Waals surface area contributed by atoms with Crippen LogP contribution in [0.5, 0.6) is 0 Å². The molecule has 1 N–H and O–H groups in total. The largest absolute Gasteiger partial charge is 0.318 e. The third-order valence-corrected chi connectivity index (χ3v) is 4.61. The van der Waals surface area contributed by atoms with E-state index in [0.29, 0.717) is 5.56 Å². The first-order valence-corrected chi connectivity index (χ1v) is 8.62. The highest BCUT2D eigenvalue weighted by atomic mass is 16.1. The highest BCUT2D eigenvalue weighted by Gasteiger charge is 2.18. The average Bonchev–Trinajstić information content (AvgIpc) is 3.19. The molecule has 0 bridgehead atoms. The van der Waals surface area contributed by atoms with Gasteiger partial charge in [0.1, 0.15) is 5.82 Å². The molecule has 1 unspecified atom stereocenters. The summed E-state index contributed by atoms with van der Waals surface area (Å²) >= 11 is 0. The Labute approximate surface area is 148 Å². The van der Waals surface area contributed by atoms with Crippen molar-refractivity contribution < 1.29 is 4.79 Å². The van der Waals surface area contributed by atoms with Gasteiger partial charge in [-0.3, -0.25) is 4.79 Å². The summed E-state index contributed by atoms with van der Waals surface area (Å²) in [6.45, 7) is 8.18. The molecule has 25 heavy (non-hydrogen) atoms. The number of rotatable bonds is 5. The van der Waals surface area contributed by atoms with Gasteiger partial charge in [0.15, 0.2) is 0 Å². The monoisotopic (exact) mass is 336 g/mol. The summed E-state index contributed by atoms with van der Waals surface area (Å²) in [7, 11) is 0. The van der Waals surface area contributed by atoms with Crippen LogP contribution >= 0.6 is 0 Å². The Hall–Kier alpha value is -2.82. The van der Waals surface area contributed by atoms with E-state index in [9.17, 15) is 4.79 Å². The highest BCUT2D eigenvalue weighted by Crippen LogP contribution is 2.23. The lowest BCUT2D eigenvalue weighted by Gasteiger charge is -2.14. The van der Waals surface area contributed by atoms with Crippen LogP contribution in [0, 0.1) is 13.8 Å². The van der Waals surface area contributed by atoms with Crippen molar-refractivity contribution in [1.29, 1.82) is 0 Å². The van der Waals surface area contributed by atoms with Gasteiger partial charge in [-0.1, -0.05) is 25.1 Å². The Balaban J connectivity index is 1.91. The van der Waals surface area contributed by atoms with Crippen LogP contribution in [-0.2, 0) is 0 Å². The van der Waals surface area contributed by atoms with Gasteiger partial charge in [-0.25, -0.2) is 4.68 Å². The Bertz CT molecular complexity index is 876. The number of aromatic nitrogens is 3. The first-order valence-electron chi connectivity index (χ1n) is 8.62. The zero-order chi connectivity index (χ0) is 18.0. The van der Waals surface area contributed by atoms with Gasteiger partial charge >= 0.3 is 0 Å². The van der Waals surface area contributed by atoms with Crippen molar-refractivity contribution in [2.45, 2.75) is 40.2 Å². The van der Waals surface area contributed by atoms with Crippen LogP contribution < -0.4 is 5.32 Å². The van der Waals surface area contributed by atoms with E-state index in [2.05, 4.69) is 28.8 Å². The van der Waals surface area contributed by atoms with E-state index in [-0.39, 0.29) is 11.9 Å². The van der Waals surface area contributed by atoms with Gasteiger partial charge in [0.2, 0.25) is 0 Å². The molecule has 3 aromatic rings. The number of hydrogen-bond donors (Lipinski definition) is 1. The maximum absolute atomic E-state index is 12.8. The second kappa shape index (κ2) is 6.97. The number of aryl methyl sites for hydroxylation is 1. The smallest absolute Gasteiger partial charge is 0.258 e. The lowest BCUT2D eigenvalue weighted by Crippen LogP contribution is -2.18. The van der Waals surface area contributed by atoms with E-state index in [1.54, 1.807) is 6.20 Å². The summed E-state index contributed by atoms with van der Waals surface area (Å²) in [5.74, 6) is 0.615. The van der Waals surface area contributed by atoms with Crippen molar-refractivity contribution in [3.05, 3.63) is 65.6 Å². The fraction of sp³-hybridized carbons (Fsp3) is 0.300. The van der Waals surface area contributed by atoms with Gasteiger partial charge in [0, 0.05) is 23.1 Å². The van der Waals surface area contributed by atoms with Crippen molar-refractivity contribution in [3.8, 4) is 5.69 Å². The van der Waals surface area contributed by atoms with Crippen molar-refractivity contribution in [2.24, 2.45) is 0 Å². The van der Waals surface area contributed by atoms with E-state index in [1.807, 2.05) is 61.0 Å². The second-order valence-electron chi connectivity index (χ2n) is 6.33. The molecule has 1 aromatic carbocycles. The fourth-order valence-electron chi connectivity index (χ4n) is 3.09. The third kappa shape index (κ3) is 3.22. The molecular weight excluding hydrogens is 312 g/mol. The molecule has 130 valence electrons. The lowest BCUT2D eigenvalue weighted by atomic mass is 10.2. The molecule has 0 spiro atoms. The zero-order valence-corrected chi connectivity index (χ0v) is 15.2. The maximum atomic E-state index is 12.8. The molecule has 0 fully saturated rings. The molecule has 0 radical (unpaired) electrons. The van der Waals surface area contributed by atoms with E-state index < -0.39 is 0 Å². The van der Waals surface area contributed by atoms with Crippen LogP contribution in [0.1, 0.15) is 48.1 Å². The lowest BCUT2D eigenvalue weighted by molar-refractivity contribution is 0.102. The summed E-state index contributed by atoms with van der Waals surface area (Å²) in [6.07, 6.45) is 2.67. The number of anilines is 1. The standard InChI is InChI=1S/C20H24N4O/c1-5-14(2)24-19(11-12-21-24)22-20(25)18-13-15(3)23(16(18)4)17-9-7-6-8-10-17/h6-14H,5H2,1-4H3,(H,22,25). The number of hydrogen-bond acceptors (Lipinski definition) is 2. The van der Waals surface area contributed by atoms with Crippen LogP contribution in [0.2, 0.25) is 0 Å². The van der Waals surface area contributed by atoms with Crippen LogP contribution in [0.4, 0.5) is 5.82 Å². The maximum Gasteiger partial charge on any atom is 0.258 e. The number of para-hydroxylation sites is 1. The number of benzene rings is 1. The van der Waals surface area contributed by atoms with Gasteiger partial charge in [0.05, 0.1) is 17.8 Å². The van der Waals surface area contributed by atoms with Crippen LogP contribution in [0.3, 0.4) is 0 Å². The summed E-state index contributed by atoms with van der Waals surface area (Å²) in [5.41, 5.74) is 3.69. The van der Waals surface area contributed by atoms with Gasteiger partial charge in [-0.15, -0.1) is 0 Å². The SMILES string of the molecule is CCC(C)n1nccc1NC(=O)c1cc(C)n(-c2ccccc2)c1C. The number of nitrogens with one attached hydrogen (secondary N) is 1. The third-order valence-electron chi connectivity index (χ3n) is 4.61. The molecule has 0 aliphatic carbocycles. The summed E-state index contributed by atoms with van der Waals surface area (Å²) in [6, 6.07) is 14.1. The molecule has 0 aliphatic heterocycles. The molecule has 1 amide bonds. The Morgan fingerprint density at radius 2 is 1.92 bits per heavy atom. The topological polar surface area (TPSA) is 51.9 Å². The van der Waals surface area contributed by atoms with Gasteiger partial charge < -0.3 is 9.88 Å². The summed E-state index contributed by atoms with van der Waals surface area (Å²) in [5, 5.41) is 7.33.